The summed E-state index contributed by atoms with van der Waals surface area (Å²) in [4.78, 5) is 23.6. The van der Waals surface area contributed by atoms with E-state index in [0.717, 1.165) is 12.1 Å². The zero-order valence-corrected chi connectivity index (χ0v) is 14.9. The van der Waals surface area contributed by atoms with Gasteiger partial charge in [-0.15, -0.1) is 0 Å². The molecule has 1 unspecified atom stereocenters. The number of aromatic nitrogens is 3. The predicted molar refractivity (Wildman–Crippen MR) is 93.5 cm³/mol. The first-order valence-corrected chi connectivity index (χ1v) is 8.15. The van der Waals surface area contributed by atoms with Gasteiger partial charge in [-0.3, -0.25) is 4.79 Å². The van der Waals surface area contributed by atoms with Gasteiger partial charge in [0.25, 0.3) is 5.91 Å². The third-order valence-electron chi connectivity index (χ3n) is 4.12. The Kier molecular flexibility index (Phi) is 4.79. The third-order valence-corrected chi connectivity index (χ3v) is 4.12. The van der Waals surface area contributed by atoms with Gasteiger partial charge in [0.1, 0.15) is 11.3 Å². The van der Waals surface area contributed by atoms with E-state index in [4.69, 9.17) is 4.74 Å². The van der Waals surface area contributed by atoms with Gasteiger partial charge in [0.15, 0.2) is 17.2 Å². The van der Waals surface area contributed by atoms with Crippen LogP contribution in [-0.2, 0) is 0 Å². The number of aromatic amines is 1. The zero-order chi connectivity index (χ0) is 19.8. The normalized spacial score (nSPS) is 12.8. The van der Waals surface area contributed by atoms with Crippen LogP contribution in [0.25, 0.3) is 11.2 Å². The summed E-state index contributed by atoms with van der Waals surface area (Å²) >= 11 is 0. The number of carbonyl (C=O) groups excluding carboxylic acids is 1. The summed E-state index contributed by atoms with van der Waals surface area (Å²) in [5.41, 5.74) is -0.362. The SMILES string of the molecule is CC(NC(=O)c1c[nH]c2ncc(Oc3ccc(F)cc3F)nc12)C(C)(C)O. The van der Waals surface area contributed by atoms with Crippen LogP contribution < -0.4 is 10.1 Å². The molecular formula is C18H18F2N4O3. The molecule has 0 aliphatic rings. The molecule has 3 rings (SSSR count). The van der Waals surface area contributed by atoms with Gasteiger partial charge in [-0.1, -0.05) is 0 Å². The summed E-state index contributed by atoms with van der Waals surface area (Å²) in [6.45, 7) is 4.83. The van der Waals surface area contributed by atoms with Crippen LogP contribution in [0.3, 0.4) is 0 Å². The highest BCUT2D eigenvalue weighted by Gasteiger charge is 2.25. The highest BCUT2D eigenvalue weighted by atomic mass is 19.1. The maximum atomic E-state index is 13.7. The van der Waals surface area contributed by atoms with Crippen molar-refractivity contribution < 1.29 is 23.4 Å². The first kappa shape index (κ1) is 18.7. The number of ether oxygens (including phenoxy) is 1. The molecule has 0 aliphatic carbocycles. The standard InChI is InChI=1S/C18H18F2N4O3/c1-9(18(2,3)26)23-17(25)11-7-21-16-15(11)24-14(8-22-16)27-13-5-4-10(19)6-12(13)20/h4-9,26H,1-3H3,(H,21,22)(H,23,25). The quantitative estimate of drug-likeness (QED) is 0.636. The topological polar surface area (TPSA) is 100 Å². The molecule has 0 radical (unpaired) electrons. The van der Waals surface area contributed by atoms with Crippen molar-refractivity contribution in [1.29, 1.82) is 0 Å². The number of hydrogen-bond acceptors (Lipinski definition) is 5. The van der Waals surface area contributed by atoms with Gasteiger partial charge in [0, 0.05) is 12.3 Å². The molecule has 2 aromatic heterocycles. The van der Waals surface area contributed by atoms with E-state index < -0.39 is 29.2 Å². The Morgan fingerprint density at radius 2 is 2.11 bits per heavy atom. The number of nitrogens with zero attached hydrogens (tertiary/aromatic N) is 2. The average Bonchev–Trinajstić information content (AvgIpc) is 2.99. The Bertz CT molecular complexity index is 998. The van der Waals surface area contributed by atoms with E-state index in [1.165, 1.54) is 12.4 Å². The molecule has 142 valence electrons. The monoisotopic (exact) mass is 376 g/mol. The number of H-pyrrole nitrogens is 1. The van der Waals surface area contributed by atoms with E-state index in [0.29, 0.717) is 11.7 Å². The Hall–Kier alpha value is -3.07. The lowest BCUT2D eigenvalue weighted by Gasteiger charge is -2.26. The van der Waals surface area contributed by atoms with E-state index in [9.17, 15) is 18.7 Å². The Morgan fingerprint density at radius 3 is 2.78 bits per heavy atom. The maximum absolute atomic E-state index is 13.7. The molecule has 1 amide bonds. The van der Waals surface area contributed by atoms with Crippen LogP contribution in [0.15, 0.2) is 30.6 Å². The molecule has 0 spiro atoms. The van der Waals surface area contributed by atoms with Crippen LogP contribution in [0.2, 0.25) is 0 Å². The molecule has 0 saturated carbocycles. The first-order chi connectivity index (χ1) is 12.6. The Morgan fingerprint density at radius 1 is 1.37 bits per heavy atom. The molecule has 3 N–H and O–H groups in total. The van der Waals surface area contributed by atoms with Crippen molar-refractivity contribution in [2.75, 3.05) is 0 Å². The lowest BCUT2D eigenvalue weighted by atomic mass is 10.0. The molecule has 0 saturated heterocycles. The fourth-order valence-electron chi connectivity index (χ4n) is 2.22. The second kappa shape index (κ2) is 6.92. The summed E-state index contributed by atoms with van der Waals surface area (Å²) in [7, 11) is 0. The molecule has 1 atom stereocenters. The largest absolute Gasteiger partial charge is 0.434 e. The van der Waals surface area contributed by atoms with Gasteiger partial charge in [-0.2, -0.15) is 0 Å². The molecule has 0 aliphatic heterocycles. The van der Waals surface area contributed by atoms with Crippen LogP contribution in [0, 0.1) is 11.6 Å². The molecule has 1 aromatic carbocycles. The molecule has 0 bridgehead atoms. The first-order valence-electron chi connectivity index (χ1n) is 8.15. The van der Waals surface area contributed by atoms with Crippen LogP contribution >= 0.6 is 0 Å². The van der Waals surface area contributed by atoms with Crippen LogP contribution in [-0.4, -0.2) is 37.6 Å². The summed E-state index contributed by atoms with van der Waals surface area (Å²) in [5, 5.41) is 12.6. The molecule has 7 nitrogen and oxygen atoms in total. The second-order valence-electron chi connectivity index (χ2n) is 6.63. The average molecular weight is 376 g/mol. The summed E-state index contributed by atoms with van der Waals surface area (Å²) in [6, 6.07) is 2.36. The van der Waals surface area contributed by atoms with E-state index in [2.05, 4.69) is 20.3 Å². The van der Waals surface area contributed by atoms with Gasteiger partial charge in [-0.05, 0) is 32.9 Å². The number of nitrogens with one attached hydrogen (secondary N) is 2. The number of halogens is 2. The minimum atomic E-state index is -1.11. The van der Waals surface area contributed by atoms with E-state index in [-0.39, 0.29) is 22.7 Å². The van der Waals surface area contributed by atoms with Crippen LogP contribution in [0.4, 0.5) is 8.78 Å². The van der Waals surface area contributed by atoms with Gasteiger partial charge >= 0.3 is 0 Å². The van der Waals surface area contributed by atoms with E-state index in [1.54, 1.807) is 20.8 Å². The highest BCUT2D eigenvalue weighted by Crippen LogP contribution is 2.25. The highest BCUT2D eigenvalue weighted by molar-refractivity contribution is 6.04. The van der Waals surface area contributed by atoms with E-state index >= 15 is 0 Å². The number of aliphatic hydroxyl groups is 1. The van der Waals surface area contributed by atoms with Gasteiger partial charge in [-0.25, -0.2) is 18.7 Å². The summed E-state index contributed by atoms with van der Waals surface area (Å²) < 4.78 is 32.0. The number of amides is 1. The van der Waals surface area contributed by atoms with Crippen molar-refractivity contribution in [3.63, 3.8) is 0 Å². The summed E-state index contributed by atoms with van der Waals surface area (Å²) in [6.07, 6.45) is 2.68. The predicted octanol–water partition coefficient (Wildman–Crippen LogP) is 2.92. The third kappa shape index (κ3) is 4.03. The number of fused-ring (bicyclic) bond motifs is 1. The van der Waals surface area contributed by atoms with E-state index in [1.807, 2.05) is 0 Å². The van der Waals surface area contributed by atoms with Crippen LogP contribution in [0.1, 0.15) is 31.1 Å². The van der Waals surface area contributed by atoms with Crippen molar-refractivity contribution >= 4 is 17.1 Å². The molecule has 9 heteroatoms. The zero-order valence-electron chi connectivity index (χ0n) is 14.9. The lowest BCUT2D eigenvalue weighted by Crippen LogP contribution is -2.47. The van der Waals surface area contributed by atoms with Crippen molar-refractivity contribution in [3.8, 4) is 11.6 Å². The molecule has 0 fully saturated rings. The lowest BCUT2D eigenvalue weighted by molar-refractivity contribution is 0.0409. The minimum Gasteiger partial charge on any atom is -0.434 e. The molecular weight excluding hydrogens is 358 g/mol. The summed E-state index contributed by atoms with van der Waals surface area (Å²) in [5.74, 6) is -2.36. The van der Waals surface area contributed by atoms with Crippen molar-refractivity contribution in [1.82, 2.24) is 20.3 Å². The fraction of sp³-hybridized carbons (Fsp3) is 0.278. The van der Waals surface area contributed by atoms with Crippen LogP contribution in [0.5, 0.6) is 11.6 Å². The van der Waals surface area contributed by atoms with Gasteiger partial charge in [0.05, 0.1) is 23.4 Å². The number of hydrogen-bond donors (Lipinski definition) is 3. The van der Waals surface area contributed by atoms with Crippen molar-refractivity contribution in [2.24, 2.45) is 0 Å². The van der Waals surface area contributed by atoms with Crippen molar-refractivity contribution in [3.05, 3.63) is 47.8 Å². The Labute approximate surface area is 153 Å². The fourth-order valence-corrected chi connectivity index (χ4v) is 2.22. The van der Waals surface area contributed by atoms with Gasteiger partial charge < -0.3 is 20.1 Å². The smallest absolute Gasteiger partial charge is 0.255 e. The molecule has 27 heavy (non-hydrogen) atoms. The second-order valence-corrected chi connectivity index (χ2v) is 6.63. The number of benzene rings is 1. The van der Waals surface area contributed by atoms with Crippen molar-refractivity contribution in [2.45, 2.75) is 32.4 Å². The molecule has 2 heterocycles. The minimum absolute atomic E-state index is 0.0582. The Balaban J connectivity index is 1.89. The maximum Gasteiger partial charge on any atom is 0.255 e. The number of carbonyl (C=O) groups is 1. The number of rotatable bonds is 5. The van der Waals surface area contributed by atoms with Gasteiger partial charge in [0.2, 0.25) is 5.88 Å². The molecule has 3 aromatic rings.